The highest BCUT2D eigenvalue weighted by atomic mass is 16.3. The Morgan fingerprint density at radius 3 is 2.16 bits per heavy atom. The molecule has 1 aromatic carbocycles. The van der Waals surface area contributed by atoms with Gasteiger partial charge in [0.25, 0.3) is 5.91 Å². The van der Waals surface area contributed by atoms with Crippen LogP contribution in [0.2, 0.25) is 0 Å². The van der Waals surface area contributed by atoms with Gasteiger partial charge in [-0.25, -0.2) is 10.2 Å². The summed E-state index contributed by atoms with van der Waals surface area (Å²) in [6.07, 6.45) is 0.118. The molecular formula is C29H40N6O8. The van der Waals surface area contributed by atoms with Crippen molar-refractivity contribution < 1.29 is 39.6 Å². The highest BCUT2D eigenvalue weighted by Crippen LogP contribution is 2.54. The molecule has 3 aliphatic carbocycles. The van der Waals surface area contributed by atoms with Gasteiger partial charge >= 0.3 is 6.03 Å². The number of hydrogen-bond donors (Lipinski definition) is 7. The van der Waals surface area contributed by atoms with Crippen molar-refractivity contribution in [1.82, 2.24) is 15.6 Å². The molecule has 0 unspecified atom stereocenters. The molecule has 0 aromatic heterocycles. The number of hydrogen-bond acceptors (Lipinski definition) is 11. The van der Waals surface area contributed by atoms with Gasteiger partial charge in [0.15, 0.2) is 17.1 Å². The van der Waals surface area contributed by atoms with Crippen LogP contribution in [-0.4, -0.2) is 101 Å². The molecule has 0 saturated heterocycles. The third-order valence-electron chi connectivity index (χ3n) is 8.28. The Balaban J connectivity index is 1.89. The van der Waals surface area contributed by atoms with Crippen LogP contribution in [-0.2, 0) is 16.0 Å². The normalized spacial score (nSPS) is 25.2. The number of benzene rings is 1. The van der Waals surface area contributed by atoms with Gasteiger partial charge in [-0.3, -0.25) is 24.3 Å². The maximum atomic E-state index is 14.2. The number of likely N-dealkylation sites (N-methyl/N-ethyl adjacent to an activating group) is 1. The summed E-state index contributed by atoms with van der Waals surface area (Å²) in [4.78, 5) is 55.6. The molecule has 234 valence electrons. The molecule has 0 spiro atoms. The van der Waals surface area contributed by atoms with E-state index >= 15 is 0 Å². The van der Waals surface area contributed by atoms with Gasteiger partial charge < -0.3 is 36.4 Å². The second-order valence-electron chi connectivity index (χ2n) is 12.8. The largest absolute Gasteiger partial charge is 0.510 e. The zero-order chi connectivity index (χ0) is 32.5. The molecule has 4 rings (SSSR count). The van der Waals surface area contributed by atoms with Crippen molar-refractivity contribution in [3.63, 3.8) is 0 Å². The molecule has 3 aliphatic rings. The second-order valence-corrected chi connectivity index (χ2v) is 12.8. The summed E-state index contributed by atoms with van der Waals surface area (Å²) in [5.41, 5.74) is 4.53. The minimum Gasteiger partial charge on any atom is -0.510 e. The zero-order valence-electron chi connectivity index (χ0n) is 25.6. The molecule has 4 atom stereocenters. The Morgan fingerprint density at radius 2 is 1.65 bits per heavy atom. The van der Waals surface area contributed by atoms with Gasteiger partial charge in [0.05, 0.1) is 11.6 Å². The molecular weight excluding hydrogens is 560 g/mol. The number of phenols is 1. The zero-order valence-corrected chi connectivity index (χ0v) is 25.6. The Labute approximate surface area is 249 Å². The Hall–Kier alpha value is -4.30. The van der Waals surface area contributed by atoms with E-state index in [-0.39, 0.29) is 29.7 Å². The summed E-state index contributed by atoms with van der Waals surface area (Å²) in [6, 6.07) is -0.0143. The van der Waals surface area contributed by atoms with Gasteiger partial charge in [-0.05, 0) is 65.3 Å². The summed E-state index contributed by atoms with van der Waals surface area (Å²) in [7, 11) is 8.13. The smallest absolute Gasteiger partial charge is 0.333 e. The Morgan fingerprint density at radius 1 is 1.05 bits per heavy atom. The first kappa shape index (κ1) is 31.6. The number of nitrogens with two attached hydrogens (primary N) is 1. The molecule has 3 amide bonds. The van der Waals surface area contributed by atoms with Crippen molar-refractivity contribution in [2.45, 2.75) is 50.8 Å². The summed E-state index contributed by atoms with van der Waals surface area (Å²) in [5, 5.41) is 49.7. The summed E-state index contributed by atoms with van der Waals surface area (Å²) in [5.74, 6) is -7.28. The lowest BCUT2D eigenvalue weighted by Gasteiger charge is -2.50. The van der Waals surface area contributed by atoms with Crippen molar-refractivity contribution in [2.24, 2.45) is 17.6 Å². The van der Waals surface area contributed by atoms with Gasteiger partial charge in [-0.2, -0.15) is 0 Å². The minimum absolute atomic E-state index is 0.0183. The first-order chi connectivity index (χ1) is 19.7. The number of ketones is 2. The van der Waals surface area contributed by atoms with E-state index in [9.17, 15) is 39.6 Å². The number of aliphatic hydroxyl groups is 3. The molecule has 8 N–H and O–H groups in total. The third-order valence-corrected chi connectivity index (χ3v) is 8.28. The number of amides is 3. The fraction of sp³-hybridized carbons (Fsp3) is 0.517. The van der Waals surface area contributed by atoms with E-state index in [1.54, 1.807) is 59.9 Å². The number of fused-ring (bicyclic) bond motifs is 3. The summed E-state index contributed by atoms with van der Waals surface area (Å²) >= 11 is 0. The number of hydrazine groups is 1. The number of nitrogens with one attached hydrogen (secondary N) is 2. The lowest BCUT2D eigenvalue weighted by Crippen LogP contribution is -2.63. The average molecular weight is 601 g/mol. The maximum Gasteiger partial charge on any atom is 0.333 e. The molecule has 1 aromatic rings. The lowest BCUT2D eigenvalue weighted by atomic mass is 9.58. The van der Waals surface area contributed by atoms with E-state index in [0.717, 1.165) is 0 Å². The van der Waals surface area contributed by atoms with Crippen molar-refractivity contribution >= 4 is 34.9 Å². The molecule has 0 fully saturated rings. The predicted molar refractivity (Wildman–Crippen MR) is 158 cm³/mol. The van der Waals surface area contributed by atoms with Crippen molar-refractivity contribution in [2.75, 3.05) is 45.1 Å². The van der Waals surface area contributed by atoms with Crippen molar-refractivity contribution in [3.05, 3.63) is 39.9 Å². The van der Waals surface area contributed by atoms with Crippen LogP contribution >= 0.6 is 0 Å². The summed E-state index contributed by atoms with van der Waals surface area (Å²) < 4.78 is 0. The number of Topliss-reactive ketones (excluding diaryl/α,β-unsaturated/α-hetero) is 2. The number of rotatable bonds is 5. The molecule has 0 saturated carbocycles. The molecule has 0 bridgehead atoms. The van der Waals surface area contributed by atoms with Crippen molar-refractivity contribution in [3.8, 4) is 5.75 Å². The van der Waals surface area contributed by atoms with Crippen LogP contribution < -0.4 is 26.4 Å². The fourth-order valence-electron chi connectivity index (χ4n) is 6.52. The number of primary amides is 1. The standard InChI is InChI=1S/C29H40N6O8/c1-28(2,3)31-27(42)32-35(8)16-11-15(33(4)5)13-9-12-10-14-20(34(6)7)23(38)19(26(30)41)25(40)29(14,43)24(39)17(12)22(37)18(13)21(16)36/h11-12,14,20,36,38-39,43H,9-10H2,1-8H3,(H2,30,41)(H2,31,32,42)/t12-,14-,20-,29-/m0/s1. The minimum atomic E-state index is -2.73. The predicted octanol–water partition coefficient (Wildman–Crippen LogP) is 0.636. The van der Waals surface area contributed by atoms with Crippen LogP contribution in [0.4, 0.5) is 16.2 Å². The Bertz CT molecular complexity index is 1490. The fourth-order valence-corrected chi connectivity index (χ4v) is 6.52. The van der Waals surface area contributed by atoms with Crippen LogP contribution in [0.3, 0.4) is 0 Å². The van der Waals surface area contributed by atoms with E-state index in [1.807, 2.05) is 0 Å². The SMILES string of the molecule is CN(C)c1cc(N(C)NC(=O)NC(C)(C)C)c(O)c2c1C[C@H]1C[C@H]3[C@H](N(C)C)C(O)=C(C(N)=O)C(=O)[C@@]3(O)C(O)=C1C2=O. The van der Waals surface area contributed by atoms with Gasteiger partial charge in [0, 0.05) is 43.9 Å². The topological polar surface area (TPSA) is 209 Å². The Kier molecular flexibility index (Phi) is 7.69. The monoisotopic (exact) mass is 600 g/mol. The first-order valence-corrected chi connectivity index (χ1v) is 13.8. The third kappa shape index (κ3) is 4.93. The van der Waals surface area contributed by atoms with Crippen molar-refractivity contribution in [1.29, 1.82) is 0 Å². The number of carbonyl (C=O) groups is 4. The molecule has 0 heterocycles. The highest BCUT2D eigenvalue weighted by Gasteiger charge is 2.63. The number of aromatic hydroxyl groups is 1. The van der Waals surface area contributed by atoms with Crippen LogP contribution in [0.15, 0.2) is 28.7 Å². The number of phenolic OH excluding ortho intramolecular Hbond substituents is 1. The second kappa shape index (κ2) is 10.5. The van der Waals surface area contributed by atoms with E-state index in [1.165, 1.54) is 17.0 Å². The molecule has 0 radical (unpaired) electrons. The molecule has 14 heteroatoms. The quantitative estimate of drug-likeness (QED) is 0.184. The first-order valence-electron chi connectivity index (χ1n) is 13.8. The van der Waals surface area contributed by atoms with Gasteiger partial charge in [0.1, 0.15) is 22.8 Å². The van der Waals surface area contributed by atoms with Crippen LogP contribution in [0.1, 0.15) is 43.1 Å². The van der Waals surface area contributed by atoms with Crippen LogP contribution in [0, 0.1) is 11.8 Å². The van der Waals surface area contributed by atoms with E-state index in [0.29, 0.717) is 11.3 Å². The van der Waals surface area contributed by atoms with Gasteiger partial charge in [0.2, 0.25) is 5.78 Å². The van der Waals surface area contributed by atoms with E-state index in [2.05, 4.69) is 10.7 Å². The van der Waals surface area contributed by atoms with E-state index < -0.39 is 75.4 Å². The average Bonchev–Trinajstić information content (AvgIpc) is 2.84. The number of anilines is 2. The lowest BCUT2D eigenvalue weighted by molar-refractivity contribution is -0.148. The molecule has 43 heavy (non-hydrogen) atoms. The van der Waals surface area contributed by atoms with E-state index in [4.69, 9.17) is 5.73 Å². The van der Waals surface area contributed by atoms with Gasteiger partial charge in [-0.1, -0.05) is 0 Å². The van der Waals surface area contributed by atoms with Crippen LogP contribution in [0.25, 0.3) is 0 Å². The summed E-state index contributed by atoms with van der Waals surface area (Å²) in [6.45, 7) is 5.39. The molecule has 0 aliphatic heterocycles. The molecule has 14 nitrogen and oxygen atoms in total. The number of carbonyl (C=O) groups excluding carboxylic acids is 4. The highest BCUT2D eigenvalue weighted by molar-refractivity contribution is 6.25. The number of allylic oxidation sites excluding steroid dienone is 1. The number of urea groups is 1. The van der Waals surface area contributed by atoms with Gasteiger partial charge in [-0.15, -0.1) is 0 Å². The van der Waals surface area contributed by atoms with Crippen LogP contribution in [0.5, 0.6) is 5.75 Å². The number of aliphatic hydroxyl groups excluding tert-OH is 2. The maximum absolute atomic E-state index is 14.2. The number of nitrogens with zero attached hydrogens (tertiary/aromatic N) is 3.